The van der Waals surface area contributed by atoms with Crippen LogP contribution in [0.25, 0.3) is 5.69 Å². The molecule has 0 amide bonds. The summed E-state index contributed by atoms with van der Waals surface area (Å²) in [7, 11) is 0. The van der Waals surface area contributed by atoms with E-state index in [0.29, 0.717) is 0 Å². The van der Waals surface area contributed by atoms with Crippen molar-refractivity contribution < 1.29 is 4.74 Å². The van der Waals surface area contributed by atoms with Crippen molar-refractivity contribution in [2.45, 2.75) is 45.1 Å². The van der Waals surface area contributed by atoms with Crippen molar-refractivity contribution in [1.29, 1.82) is 0 Å². The molecule has 1 fully saturated rings. The van der Waals surface area contributed by atoms with Crippen molar-refractivity contribution >= 4 is 0 Å². The number of likely N-dealkylation sites (tertiary alicyclic amines) is 1. The number of ether oxygens (including phenoxy) is 1. The molecule has 1 atom stereocenters. The third-order valence-electron chi connectivity index (χ3n) is 5.97. The molecule has 2 heterocycles. The molecule has 0 saturated carbocycles. The molecule has 30 heavy (non-hydrogen) atoms. The topological polar surface area (TPSA) is 30.3 Å². The Morgan fingerprint density at radius 2 is 1.63 bits per heavy atom. The molecule has 4 rings (SSSR count). The normalized spacial score (nSPS) is 15.9. The second-order valence-electron chi connectivity index (χ2n) is 8.06. The van der Waals surface area contributed by atoms with Crippen LogP contribution in [0, 0.1) is 0 Å². The third kappa shape index (κ3) is 5.00. The van der Waals surface area contributed by atoms with Crippen LogP contribution in [0.1, 0.15) is 55.5 Å². The summed E-state index contributed by atoms with van der Waals surface area (Å²) in [5.41, 5.74) is 4.67. The van der Waals surface area contributed by atoms with Gasteiger partial charge >= 0.3 is 0 Å². The summed E-state index contributed by atoms with van der Waals surface area (Å²) in [6.45, 7) is 6.57. The van der Waals surface area contributed by atoms with E-state index in [1.807, 2.05) is 12.3 Å². The molecule has 3 aromatic rings. The number of hydrogen-bond acceptors (Lipinski definition) is 3. The van der Waals surface area contributed by atoms with Crippen LogP contribution < -0.4 is 0 Å². The van der Waals surface area contributed by atoms with Crippen molar-refractivity contribution in [3.8, 4) is 5.69 Å². The van der Waals surface area contributed by atoms with Crippen LogP contribution in [-0.2, 0) is 11.2 Å². The number of piperidine rings is 1. The molecular weight excluding hydrogens is 370 g/mol. The summed E-state index contributed by atoms with van der Waals surface area (Å²) >= 11 is 0. The number of hydrogen-bond donors (Lipinski definition) is 0. The highest BCUT2D eigenvalue weighted by atomic mass is 16.5. The molecule has 0 radical (unpaired) electrons. The number of para-hydroxylation sites is 1. The highest BCUT2D eigenvalue weighted by molar-refractivity contribution is 5.38. The van der Waals surface area contributed by atoms with E-state index in [2.05, 4.69) is 71.1 Å². The molecule has 0 aliphatic carbocycles. The summed E-state index contributed by atoms with van der Waals surface area (Å²) in [6, 6.07) is 20.9. The van der Waals surface area contributed by atoms with Crippen molar-refractivity contribution in [2.24, 2.45) is 0 Å². The smallest absolute Gasteiger partial charge is 0.111 e. The zero-order chi connectivity index (χ0) is 20.6. The Hall–Kier alpha value is -2.43. The monoisotopic (exact) mass is 403 g/mol. The number of nitrogens with zero attached hydrogens (tertiary/aromatic N) is 3. The first-order valence-corrected chi connectivity index (χ1v) is 11.4. The van der Waals surface area contributed by atoms with Crippen LogP contribution in [0.5, 0.6) is 0 Å². The predicted octanol–water partition coefficient (Wildman–Crippen LogP) is 5.42. The molecule has 1 aliphatic rings. The van der Waals surface area contributed by atoms with E-state index >= 15 is 0 Å². The van der Waals surface area contributed by atoms with E-state index in [9.17, 15) is 0 Å². The van der Waals surface area contributed by atoms with Gasteiger partial charge < -0.3 is 9.64 Å². The lowest BCUT2D eigenvalue weighted by atomic mass is 10.0. The van der Waals surface area contributed by atoms with Crippen LogP contribution in [0.15, 0.2) is 66.9 Å². The lowest BCUT2D eigenvalue weighted by Gasteiger charge is -2.26. The van der Waals surface area contributed by atoms with Gasteiger partial charge in [0.25, 0.3) is 0 Å². The minimum Gasteiger partial charge on any atom is -0.369 e. The SMILES string of the molecule is CCc1c(C(OCCCN2CCCCC2)c2ccccc2)cnn1-c1ccccc1. The van der Waals surface area contributed by atoms with Crippen LogP contribution >= 0.6 is 0 Å². The maximum atomic E-state index is 6.52. The third-order valence-corrected chi connectivity index (χ3v) is 5.97. The quantitative estimate of drug-likeness (QED) is 0.447. The van der Waals surface area contributed by atoms with Gasteiger partial charge in [0, 0.05) is 18.7 Å². The highest BCUT2D eigenvalue weighted by Crippen LogP contribution is 2.30. The number of rotatable bonds is 9. The number of aromatic nitrogens is 2. The van der Waals surface area contributed by atoms with Crippen molar-refractivity contribution in [2.75, 3.05) is 26.2 Å². The Bertz CT molecular complexity index is 885. The van der Waals surface area contributed by atoms with E-state index in [-0.39, 0.29) is 6.10 Å². The molecular formula is C26H33N3O. The molecule has 1 unspecified atom stereocenters. The van der Waals surface area contributed by atoms with Gasteiger partial charge in [-0.1, -0.05) is 61.9 Å². The predicted molar refractivity (Wildman–Crippen MR) is 122 cm³/mol. The van der Waals surface area contributed by atoms with E-state index in [4.69, 9.17) is 9.84 Å². The maximum Gasteiger partial charge on any atom is 0.111 e. The molecule has 0 N–H and O–H groups in total. The van der Waals surface area contributed by atoms with Crippen molar-refractivity contribution in [1.82, 2.24) is 14.7 Å². The fourth-order valence-electron chi connectivity index (χ4n) is 4.42. The molecule has 4 heteroatoms. The molecule has 1 aromatic heterocycles. The van der Waals surface area contributed by atoms with Crippen molar-refractivity contribution in [3.63, 3.8) is 0 Å². The molecule has 158 valence electrons. The summed E-state index contributed by atoms with van der Waals surface area (Å²) in [5, 5.41) is 4.73. The average molecular weight is 404 g/mol. The standard InChI is InChI=1S/C26H33N3O/c1-2-25-24(21-27-29(25)23-15-8-4-9-16-23)26(22-13-6-3-7-14-22)30-20-12-19-28-17-10-5-11-18-28/h3-4,6-9,13-16,21,26H,2,5,10-12,17-20H2,1H3. The summed E-state index contributed by atoms with van der Waals surface area (Å²) in [4.78, 5) is 2.58. The first kappa shape index (κ1) is 20.8. The lowest BCUT2D eigenvalue weighted by molar-refractivity contribution is 0.0694. The first-order chi connectivity index (χ1) is 14.9. The number of benzene rings is 2. The Kier molecular flexibility index (Phi) is 7.33. The van der Waals surface area contributed by atoms with Crippen LogP contribution in [0.4, 0.5) is 0 Å². The molecule has 4 nitrogen and oxygen atoms in total. The molecule has 2 aromatic carbocycles. The Morgan fingerprint density at radius 3 is 2.33 bits per heavy atom. The van der Waals surface area contributed by atoms with Crippen LogP contribution in [0.3, 0.4) is 0 Å². The first-order valence-electron chi connectivity index (χ1n) is 11.4. The second-order valence-corrected chi connectivity index (χ2v) is 8.06. The van der Waals surface area contributed by atoms with Gasteiger partial charge in [0.1, 0.15) is 6.10 Å². The van der Waals surface area contributed by atoms with Gasteiger partial charge in [-0.3, -0.25) is 0 Å². The minimum atomic E-state index is -0.0834. The highest BCUT2D eigenvalue weighted by Gasteiger charge is 2.22. The van der Waals surface area contributed by atoms with Gasteiger partial charge in [-0.2, -0.15) is 5.10 Å². The van der Waals surface area contributed by atoms with Gasteiger partial charge in [0.15, 0.2) is 0 Å². The molecule has 0 bridgehead atoms. The zero-order valence-corrected chi connectivity index (χ0v) is 18.0. The van der Waals surface area contributed by atoms with E-state index < -0.39 is 0 Å². The van der Waals surface area contributed by atoms with E-state index in [1.54, 1.807) is 0 Å². The van der Waals surface area contributed by atoms with Gasteiger partial charge in [0.2, 0.25) is 0 Å². The van der Waals surface area contributed by atoms with Gasteiger partial charge in [-0.25, -0.2) is 4.68 Å². The van der Waals surface area contributed by atoms with E-state index in [1.165, 1.54) is 49.2 Å². The van der Waals surface area contributed by atoms with Crippen molar-refractivity contribution in [3.05, 3.63) is 83.7 Å². The van der Waals surface area contributed by atoms with Gasteiger partial charge in [-0.05, 0) is 56.5 Å². The molecule has 0 spiro atoms. The molecule has 1 saturated heterocycles. The minimum absolute atomic E-state index is 0.0834. The zero-order valence-electron chi connectivity index (χ0n) is 18.0. The largest absolute Gasteiger partial charge is 0.369 e. The Labute approximate surface area is 180 Å². The van der Waals surface area contributed by atoms with Gasteiger partial charge in [-0.15, -0.1) is 0 Å². The second kappa shape index (κ2) is 10.6. The van der Waals surface area contributed by atoms with Crippen LogP contribution in [-0.4, -0.2) is 40.9 Å². The van der Waals surface area contributed by atoms with Crippen LogP contribution in [0.2, 0.25) is 0 Å². The lowest BCUT2D eigenvalue weighted by Crippen LogP contribution is -2.31. The van der Waals surface area contributed by atoms with Gasteiger partial charge in [0.05, 0.1) is 17.6 Å². The average Bonchev–Trinajstić information content (AvgIpc) is 3.24. The summed E-state index contributed by atoms with van der Waals surface area (Å²) in [5.74, 6) is 0. The summed E-state index contributed by atoms with van der Waals surface area (Å²) in [6.07, 6.45) is 7.95. The molecule has 1 aliphatic heterocycles. The fraction of sp³-hybridized carbons (Fsp3) is 0.423. The summed E-state index contributed by atoms with van der Waals surface area (Å²) < 4.78 is 8.57. The fourth-order valence-corrected chi connectivity index (χ4v) is 4.42. The Balaban J connectivity index is 1.52. The maximum absolute atomic E-state index is 6.52. The van der Waals surface area contributed by atoms with E-state index in [0.717, 1.165) is 31.7 Å². The Morgan fingerprint density at radius 1 is 0.933 bits per heavy atom.